The van der Waals surface area contributed by atoms with Gasteiger partial charge in [-0.2, -0.15) is 0 Å². The van der Waals surface area contributed by atoms with E-state index in [0.717, 1.165) is 18.3 Å². The summed E-state index contributed by atoms with van der Waals surface area (Å²) in [6, 6.07) is 0. The maximum Gasteiger partial charge on any atom is 0.302 e. The van der Waals surface area contributed by atoms with E-state index < -0.39 is 0 Å². The minimum absolute atomic E-state index is 0.00678. The highest BCUT2D eigenvalue weighted by molar-refractivity contribution is 5.66. The van der Waals surface area contributed by atoms with Crippen molar-refractivity contribution in [3.63, 3.8) is 0 Å². The third-order valence-electron chi connectivity index (χ3n) is 9.41. The molecule has 0 spiro atoms. The van der Waals surface area contributed by atoms with E-state index in [1.807, 2.05) is 0 Å². The van der Waals surface area contributed by atoms with Crippen LogP contribution in [0.25, 0.3) is 0 Å². The fourth-order valence-corrected chi connectivity index (χ4v) is 8.04. The molecule has 1 N–H and O–H groups in total. The van der Waals surface area contributed by atoms with Gasteiger partial charge in [-0.3, -0.25) is 4.79 Å². The van der Waals surface area contributed by atoms with Gasteiger partial charge >= 0.3 is 5.97 Å². The molecule has 0 aromatic carbocycles. The van der Waals surface area contributed by atoms with E-state index in [0.29, 0.717) is 29.6 Å². The summed E-state index contributed by atoms with van der Waals surface area (Å²) in [5.41, 5.74) is 0.416. The fraction of sp³-hybridized carbons (Fsp3) is 0.870. The second kappa shape index (κ2) is 6.36. The molecule has 3 nitrogen and oxygen atoms in total. The minimum Gasteiger partial charge on any atom is -0.462 e. The second-order valence-electron chi connectivity index (χ2n) is 10.2. The van der Waals surface area contributed by atoms with Crippen LogP contribution in [0.15, 0.2) is 12.7 Å². The van der Waals surface area contributed by atoms with Crippen molar-refractivity contribution in [1.29, 1.82) is 0 Å². The van der Waals surface area contributed by atoms with Crippen molar-refractivity contribution in [3.8, 4) is 0 Å². The standard InChI is InChI=1S/C23H36O3/c1-5-15-7-9-19-18-8-6-16-12-17(26-14(2)24)13-21(25)23(16,4)20(18)10-11-22(15,19)3/h5,15-21,25H,1,6-13H2,2-4H3/t15-,16-,17?,18?,19?,20?,21-,22+,23-/m0/s1. The van der Waals surface area contributed by atoms with Gasteiger partial charge in [0.1, 0.15) is 6.10 Å². The normalized spacial score (nSPS) is 53.2. The lowest BCUT2D eigenvalue weighted by atomic mass is 9.44. The van der Waals surface area contributed by atoms with Crippen molar-refractivity contribution >= 4 is 5.97 Å². The largest absolute Gasteiger partial charge is 0.462 e. The molecule has 146 valence electrons. The van der Waals surface area contributed by atoms with Crippen molar-refractivity contribution in [2.24, 2.45) is 40.4 Å². The monoisotopic (exact) mass is 360 g/mol. The predicted octanol–water partition coefficient (Wildman–Crippen LogP) is 4.73. The van der Waals surface area contributed by atoms with Crippen LogP contribution in [0.5, 0.6) is 0 Å². The molecule has 0 aliphatic heterocycles. The van der Waals surface area contributed by atoms with Crippen molar-refractivity contribution in [2.75, 3.05) is 0 Å². The van der Waals surface area contributed by atoms with Gasteiger partial charge in [0.15, 0.2) is 0 Å². The number of carbonyl (C=O) groups excluding carboxylic acids is 1. The first-order valence-electron chi connectivity index (χ1n) is 10.8. The number of ether oxygens (including phenoxy) is 1. The van der Waals surface area contributed by atoms with Gasteiger partial charge in [-0.1, -0.05) is 19.9 Å². The van der Waals surface area contributed by atoms with Gasteiger partial charge in [0.05, 0.1) is 6.10 Å². The van der Waals surface area contributed by atoms with Crippen LogP contribution in [0, 0.1) is 40.4 Å². The first-order chi connectivity index (χ1) is 12.3. The molecule has 26 heavy (non-hydrogen) atoms. The van der Waals surface area contributed by atoms with Crippen LogP contribution in [-0.2, 0) is 9.53 Å². The Bertz CT molecular complexity index is 586. The Balaban J connectivity index is 1.58. The topological polar surface area (TPSA) is 46.5 Å². The van der Waals surface area contributed by atoms with E-state index in [4.69, 9.17) is 4.74 Å². The number of carbonyl (C=O) groups is 1. The fourth-order valence-electron chi connectivity index (χ4n) is 8.04. The highest BCUT2D eigenvalue weighted by Gasteiger charge is 2.62. The lowest BCUT2D eigenvalue weighted by Gasteiger charge is -2.62. The van der Waals surface area contributed by atoms with Crippen molar-refractivity contribution < 1.29 is 14.6 Å². The Hall–Kier alpha value is -0.830. The summed E-state index contributed by atoms with van der Waals surface area (Å²) >= 11 is 0. The Labute approximate surface area is 158 Å². The molecule has 4 rings (SSSR count). The quantitative estimate of drug-likeness (QED) is 0.572. The van der Waals surface area contributed by atoms with E-state index in [-0.39, 0.29) is 23.6 Å². The lowest BCUT2D eigenvalue weighted by molar-refractivity contribution is -0.190. The predicted molar refractivity (Wildman–Crippen MR) is 102 cm³/mol. The van der Waals surface area contributed by atoms with Gasteiger partial charge in [-0.05, 0) is 85.4 Å². The van der Waals surface area contributed by atoms with Crippen LogP contribution in [0.3, 0.4) is 0 Å². The summed E-state index contributed by atoms with van der Waals surface area (Å²) in [4.78, 5) is 11.4. The number of hydrogen-bond donors (Lipinski definition) is 1. The smallest absolute Gasteiger partial charge is 0.302 e. The Kier molecular flexibility index (Phi) is 4.53. The zero-order valence-corrected chi connectivity index (χ0v) is 16.7. The molecule has 4 fully saturated rings. The zero-order valence-electron chi connectivity index (χ0n) is 16.7. The van der Waals surface area contributed by atoms with Gasteiger partial charge in [0.25, 0.3) is 0 Å². The zero-order chi connectivity index (χ0) is 18.7. The maximum atomic E-state index is 11.4. The number of allylic oxidation sites excluding steroid dienone is 1. The van der Waals surface area contributed by atoms with Crippen LogP contribution >= 0.6 is 0 Å². The van der Waals surface area contributed by atoms with Gasteiger partial charge in [-0.15, -0.1) is 6.58 Å². The summed E-state index contributed by atoms with van der Waals surface area (Å²) in [7, 11) is 0. The highest BCUT2D eigenvalue weighted by Crippen LogP contribution is 2.67. The molecule has 0 bridgehead atoms. The van der Waals surface area contributed by atoms with Crippen LogP contribution in [-0.4, -0.2) is 23.3 Å². The van der Waals surface area contributed by atoms with Crippen molar-refractivity contribution in [3.05, 3.63) is 12.7 Å². The first kappa shape index (κ1) is 18.5. The average Bonchev–Trinajstić information content (AvgIpc) is 2.92. The number of aliphatic hydroxyl groups excluding tert-OH is 1. The van der Waals surface area contributed by atoms with Gasteiger partial charge in [0, 0.05) is 13.3 Å². The minimum atomic E-state index is -0.348. The summed E-state index contributed by atoms with van der Waals surface area (Å²) < 4.78 is 5.50. The molecule has 3 heteroatoms. The number of fused-ring (bicyclic) bond motifs is 5. The summed E-state index contributed by atoms with van der Waals surface area (Å²) in [6.45, 7) is 10.5. The van der Waals surface area contributed by atoms with E-state index in [1.54, 1.807) is 0 Å². The lowest BCUT2D eigenvalue weighted by Crippen LogP contribution is -2.59. The summed E-state index contributed by atoms with van der Waals surface area (Å²) in [5.74, 6) is 3.10. The van der Waals surface area contributed by atoms with E-state index in [1.165, 1.54) is 45.4 Å². The van der Waals surface area contributed by atoms with Crippen LogP contribution < -0.4 is 0 Å². The molecule has 0 radical (unpaired) electrons. The maximum absolute atomic E-state index is 11.4. The second-order valence-corrected chi connectivity index (χ2v) is 10.2. The van der Waals surface area contributed by atoms with E-state index in [9.17, 15) is 9.90 Å². The summed E-state index contributed by atoms with van der Waals surface area (Å²) in [5, 5.41) is 11.2. The molecule has 0 saturated heterocycles. The Morgan fingerprint density at radius 3 is 2.58 bits per heavy atom. The summed E-state index contributed by atoms with van der Waals surface area (Å²) in [6.07, 6.45) is 10.9. The van der Waals surface area contributed by atoms with E-state index >= 15 is 0 Å². The van der Waals surface area contributed by atoms with E-state index in [2.05, 4.69) is 26.5 Å². The molecule has 0 heterocycles. The van der Waals surface area contributed by atoms with Crippen LogP contribution in [0.4, 0.5) is 0 Å². The molecule has 9 atom stereocenters. The molecule has 0 aromatic rings. The molecular formula is C23H36O3. The SMILES string of the molecule is C=C[C@H]1CCC2C3CC[C@H]4CC(OC(C)=O)C[C@H](O)[C@]4(C)C3CC[C@@]21C. The molecule has 4 aliphatic carbocycles. The average molecular weight is 361 g/mol. The molecule has 0 amide bonds. The van der Waals surface area contributed by atoms with Crippen LogP contribution in [0.1, 0.15) is 72.1 Å². The molecule has 0 aromatic heterocycles. The number of esters is 1. The third-order valence-corrected chi connectivity index (χ3v) is 9.41. The Morgan fingerprint density at radius 1 is 1.12 bits per heavy atom. The molecule has 4 aliphatic rings. The molecule has 4 saturated carbocycles. The number of aliphatic hydroxyl groups is 1. The number of rotatable bonds is 2. The third kappa shape index (κ3) is 2.52. The van der Waals surface area contributed by atoms with Gasteiger partial charge < -0.3 is 9.84 Å². The van der Waals surface area contributed by atoms with Crippen molar-refractivity contribution in [1.82, 2.24) is 0 Å². The van der Waals surface area contributed by atoms with Crippen LogP contribution in [0.2, 0.25) is 0 Å². The van der Waals surface area contributed by atoms with Crippen molar-refractivity contribution in [2.45, 2.75) is 84.3 Å². The number of hydrogen-bond acceptors (Lipinski definition) is 3. The molecular weight excluding hydrogens is 324 g/mol. The van der Waals surface area contributed by atoms with Gasteiger partial charge in [-0.25, -0.2) is 0 Å². The highest BCUT2D eigenvalue weighted by atomic mass is 16.5. The van der Waals surface area contributed by atoms with Gasteiger partial charge in [0.2, 0.25) is 0 Å². The Morgan fingerprint density at radius 2 is 1.88 bits per heavy atom. The first-order valence-corrected chi connectivity index (χ1v) is 10.8. The molecule has 4 unspecified atom stereocenters.